The quantitative estimate of drug-likeness (QED) is 0.726. The molecular formula is C10H14N6O2S. The summed E-state index contributed by atoms with van der Waals surface area (Å²) in [4.78, 5) is 0. The summed E-state index contributed by atoms with van der Waals surface area (Å²) in [5.41, 5.74) is 13.0. The van der Waals surface area contributed by atoms with Crippen LogP contribution in [0.5, 0.6) is 0 Å². The summed E-state index contributed by atoms with van der Waals surface area (Å²) >= 11 is 0. The Morgan fingerprint density at radius 3 is 2.42 bits per heavy atom. The maximum atomic E-state index is 11.2. The second kappa shape index (κ2) is 4.84. The summed E-state index contributed by atoms with van der Waals surface area (Å²) in [6.07, 6.45) is 1.16. The number of nitrogens with zero attached hydrogens (tertiary/aromatic N) is 4. The van der Waals surface area contributed by atoms with Gasteiger partial charge in [0.2, 0.25) is 0 Å². The van der Waals surface area contributed by atoms with Crippen molar-refractivity contribution in [2.45, 2.75) is 6.54 Å². The summed E-state index contributed by atoms with van der Waals surface area (Å²) in [5, 5.41) is 11.2. The van der Waals surface area contributed by atoms with Gasteiger partial charge in [-0.05, 0) is 28.6 Å². The van der Waals surface area contributed by atoms with E-state index >= 15 is 0 Å². The van der Waals surface area contributed by atoms with Gasteiger partial charge in [-0.1, -0.05) is 0 Å². The number of aromatic nitrogens is 4. The highest BCUT2D eigenvalue weighted by Crippen LogP contribution is 2.22. The maximum absolute atomic E-state index is 11.2. The van der Waals surface area contributed by atoms with E-state index in [0.29, 0.717) is 22.8 Å². The van der Waals surface area contributed by atoms with Gasteiger partial charge in [-0.3, -0.25) is 0 Å². The Bertz CT molecular complexity index is 674. The molecule has 0 aliphatic heterocycles. The molecule has 1 aromatic carbocycles. The third kappa shape index (κ3) is 3.41. The zero-order valence-electron chi connectivity index (χ0n) is 10.3. The lowest BCUT2D eigenvalue weighted by Crippen LogP contribution is -2.13. The van der Waals surface area contributed by atoms with Crippen LogP contribution >= 0.6 is 0 Å². The maximum Gasteiger partial charge on any atom is 0.182 e. The van der Waals surface area contributed by atoms with E-state index in [1.54, 1.807) is 18.2 Å². The number of hydrogen-bond acceptors (Lipinski definition) is 7. The van der Waals surface area contributed by atoms with E-state index in [4.69, 9.17) is 11.5 Å². The van der Waals surface area contributed by atoms with Crippen LogP contribution in [0.3, 0.4) is 0 Å². The molecule has 0 fully saturated rings. The van der Waals surface area contributed by atoms with Gasteiger partial charge in [0.25, 0.3) is 0 Å². The van der Waals surface area contributed by atoms with E-state index in [0.717, 1.165) is 6.26 Å². The molecule has 0 unspecified atom stereocenters. The van der Waals surface area contributed by atoms with Gasteiger partial charge in [-0.15, -0.1) is 5.10 Å². The van der Waals surface area contributed by atoms with Crippen molar-refractivity contribution < 1.29 is 8.42 Å². The molecule has 0 spiro atoms. The Morgan fingerprint density at radius 2 is 1.84 bits per heavy atom. The number of nitrogen functional groups attached to an aromatic ring is 2. The van der Waals surface area contributed by atoms with E-state index in [9.17, 15) is 8.42 Å². The van der Waals surface area contributed by atoms with E-state index in [1.165, 1.54) is 4.68 Å². The number of anilines is 2. The lowest BCUT2D eigenvalue weighted by molar-refractivity contribution is 0.581. The number of rotatable bonds is 4. The second-order valence-corrected chi connectivity index (χ2v) is 6.50. The molecular weight excluding hydrogens is 268 g/mol. The lowest BCUT2D eigenvalue weighted by atomic mass is 10.1. The number of tetrazole rings is 1. The van der Waals surface area contributed by atoms with Crippen molar-refractivity contribution in [1.29, 1.82) is 0 Å². The van der Waals surface area contributed by atoms with Crippen LogP contribution in [0, 0.1) is 0 Å². The van der Waals surface area contributed by atoms with Gasteiger partial charge < -0.3 is 11.5 Å². The Hall–Kier alpha value is -2.16. The summed E-state index contributed by atoms with van der Waals surface area (Å²) in [6, 6.07) is 4.98. The van der Waals surface area contributed by atoms with Gasteiger partial charge in [0.15, 0.2) is 5.82 Å². The van der Waals surface area contributed by atoms with Gasteiger partial charge in [-0.2, -0.15) is 0 Å². The highest BCUT2D eigenvalue weighted by Gasteiger charge is 2.12. The summed E-state index contributed by atoms with van der Waals surface area (Å²) in [5.74, 6) is 0.394. The highest BCUT2D eigenvalue weighted by molar-refractivity contribution is 7.90. The third-order valence-corrected chi connectivity index (χ3v) is 3.37. The van der Waals surface area contributed by atoms with Crippen molar-refractivity contribution in [2.24, 2.45) is 0 Å². The molecule has 2 aromatic rings. The van der Waals surface area contributed by atoms with Crippen LogP contribution < -0.4 is 11.5 Å². The molecule has 1 aromatic heterocycles. The Morgan fingerprint density at radius 1 is 1.21 bits per heavy atom. The molecule has 0 aliphatic rings. The van der Waals surface area contributed by atoms with Crippen molar-refractivity contribution in [3.8, 4) is 11.4 Å². The topological polar surface area (TPSA) is 130 Å². The Balaban J connectivity index is 2.33. The summed E-state index contributed by atoms with van der Waals surface area (Å²) in [7, 11) is -3.08. The normalized spacial score (nSPS) is 11.6. The van der Waals surface area contributed by atoms with E-state index in [1.807, 2.05) is 0 Å². The van der Waals surface area contributed by atoms with Gasteiger partial charge >= 0.3 is 0 Å². The fourth-order valence-corrected chi connectivity index (χ4v) is 2.12. The fourth-order valence-electron chi connectivity index (χ4n) is 1.62. The summed E-state index contributed by atoms with van der Waals surface area (Å²) < 4.78 is 23.7. The number of aryl methyl sites for hydroxylation is 1. The summed E-state index contributed by atoms with van der Waals surface area (Å²) in [6.45, 7) is 0.176. The van der Waals surface area contributed by atoms with Gasteiger partial charge in [0.05, 0.1) is 12.3 Å². The van der Waals surface area contributed by atoms with Crippen molar-refractivity contribution in [1.82, 2.24) is 20.2 Å². The minimum atomic E-state index is -3.08. The average molecular weight is 282 g/mol. The molecule has 1 heterocycles. The van der Waals surface area contributed by atoms with E-state index in [2.05, 4.69) is 15.5 Å². The van der Waals surface area contributed by atoms with Crippen molar-refractivity contribution in [3.05, 3.63) is 18.2 Å². The Kier molecular flexibility index (Phi) is 3.38. The molecule has 102 valence electrons. The minimum Gasteiger partial charge on any atom is -0.399 e. The standard InChI is InChI=1S/C10H14N6O2S/c1-19(17,18)3-2-16-10(13-14-15-16)7-4-8(11)6-9(12)5-7/h4-6H,2-3,11-12H2,1H3. The van der Waals surface area contributed by atoms with E-state index in [-0.39, 0.29) is 12.3 Å². The average Bonchev–Trinajstić information content (AvgIpc) is 2.72. The van der Waals surface area contributed by atoms with Crippen LogP contribution in [0.15, 0.2) is 18.2 Å². The molecule has 2 rings (SSSR count). The molecule has 4 N–H and O–H groups in total. The van der Waals surface area contributed by atoms with Crippen molar-refractivity contribution in [2.75, 3.05) is 23.5 Å². The van der Waals surface area contributed by atoms with Crippen LogP contribution in [-0.4, -0.2) is 40.6 Å². The largest absolute Gasteiger partial charge is 0.399 e. The van der Waals surface area contributed by atoms with Crippen LogP contribution in [0.25, 0.3) is 11.4 Å². The van der Waals surface area contributed by atoms with Crippen LogP contribution in [0.2, 0.25) is 0 Å². The lowest BCUT2D eigenvalue weighted by Gasteiger charge is -2.05. The number of benzene rings is 1. The first kappa shape index (κ1) is 13.3. The molecule has 0 saturated carbocycles. The predicted octanol–water partition coefficient (Wildman–Crippen LogP) is -0.451. The molecule has 0 atom stereocenters. The molecule has 8 nitrogen and oxygen atoms in total. The minimum absolute atomic E-state index is 0.0389. The SMILES string of the molecule is CS(=O)(=O)CCn1nnnc1-c1cc(N)cc(N)c1. The fraction of sp³-hybridized carbons (Fsp3) is 0.300. The molecule has 0 saturated heterocycles. The monoisotopic (exact) mass is 282 g/mol. The van der Waals surface area contributed by atoms with Crippen LogP contribution in [0.4, 0.5) is 11.4 Å². The first-order valence-electron chi connectivity index (χ1n) is 5.45. The van der Waals surface area contributed by atoms with Gasteiger partial charge in [0, 0.05) is 23.2 Å². The molecule has 0 bridgehead atoms. The molecule has 19 heavy (non-hydrogen) atoms. The molecule has 0 aliphatic carbocycles. The molecule has 0 amide bonds. The third-order valence-electron chi connectivity index (χ3n) is 2.44. The van der Waals surface area contributed by atoms with Crippen LogP contribution in [0.1, 0.15) is 0 Å². The number of nitrogens with two attached hydrogens (primary N) is 2. The van der Waals surface area contributed by atoms with Crippen LogP contribution in [-0.2, 0) is 16.4 Å². The first-order chi connectivity index (χ1) is 8.85. The smallest absolute Gasteiger partial charge is 0.182 e. The second-order valence-electron chi connectivity index (χ2n) is 4.24. The first-order valence-corrected chi connectivity index (χ1v) is 7.51. The molecule has 0 radical (unpaired) electrons. The van der Waals surface area contributed by atoms with E-state index < -0.39 is 9.84 Å². The van der Waals surface area contributed by atoms with Crippen molar-refractivity contribution >= 4 is 21.2 Å². The van der Waals surface area contributed by atoms with Gasteiger partial charge in [0.1, 0.15) is 9.84 Å². The van der Waals surface area contributed by atoms with Crippen molar-refractivity contribution in [3.63, 3.8) is 0 Å². The Labute approximate surface area is 110 Å². The predicted molar refractivity (Wildman–Crippen MR) is 71.8 cm³/mol. The van der Waals surface area contributed by atoms with Gasteiger partial charge in [-0.25, -0.2) is 13.1 Å². The number of sulfone groups is 1. The highest BCUT2D eigenvalue weighted by atomic mass is 32.2. The zero-order chi connectivity index (χ0) is 14.0. The molecule has 9 heteroatoms. The zero-order valence-corrected chi connectivity index (χ0v) is 11.1. The number of hydrogen-bond donors (Lipinski definition) is 2.